The molecule has 1 heterocycles. The van der Waals surface area contributed by atoms with Crippen LogP contribution < -0.4 is 9.64 Å². The summed E-state index contributed by atoms with van der Waals surface area (Å²) in [6, 6.07) is 13.3. The Morgan fingerprint density at radius 1 is 0.950 bits per heavy atom. The van der Waals surface area contributed by atoms with Gasteiger partial charge in [-0.1, -0.05) is 19.1 Å². The molecule has 0 radical (unpaired) electrons. The molecule has 1 aliphatic rings. The van der Waals surface area contributed by atoms with Crippen molar-refractivity contribution in [3.8, 4) is 11.5 Å². The Morgan fingerprint density at radius 2 is 1.45 bits per heavy atom. The summed E-state index contributed by atoms with van der Waals surface area (Å²) in [5.74, 6) is 1.92. The minimum atomic E-state index is 0.446. The minimum Gasteiger partial charge on any atom is -0.453 e. The van der Waals surface area contributed by atoms with Crippen molar-refractivity contribution in [1.82, 2.24) is 0 Å². The van der Waals surface area contributed by atoms with Crippen molar-refractivity contribution in [2.75, 3.05) is 4.90 Å². The number of benzene rings is 2. The minimum absolute atomic E-state index is 0.446. The number of nitrogens with zero attached hydrogens (tertiary/aromatic N) is 1. The SMILES string of the molecule is CCC(C)N1c2ccc(C)cc2Oc2cc(C)ccc21. The first kappa shape index (κ1) is 13.0. The summed E-state index contributed by atoms with van der Waals surface area (Å²) in [5.41, 5.74) is 4.79. The number of anilines is 2. The van der Waals surface area contributed by atoms with Crippen LogP contribution in [-0.2, 0) is 0 Å². The van der Waals surface area contributed by atoms with Crippen LogP contribution in [0.15, 0.2) is 36.4 Å². The topological polar surface area (TPSA) is 12.5 Å². The largest absolute Gasteiger partial charge is 0.453 e. The molecule has 0 N–H and O–H groups in total. The molecule has 0 aromatic heterocycles. The number of hydrogen-bond donors (Lipinski definition) is 0. The van der Waals surface area contributed by atoms with Gasteiger partial charge in [-0.2, -0.15) is 0 Å². The molecular weight excluding hydrogens is 246 g/mol. The molecule has 2 nitrogen and oxygen atoms in total. The van der Waals surface area contributed by atoms with Gasteiger partial charge in [0.15, 0.2) is 11.5 Å². The van der Waals surface area contributed by atoms with E-state index in [0.29, 0.717) is 6.04 Å². The quantitative estimate of drug-likeness (QED) is 0.727. The van der Waals surface area contributed by atoms with E-state index in [1.807, 2.05) is 0 Å². The van der Waals surface area contributed by atoms with Gasteiger partial charge >= 0.3 is 0 Å². The zero-order valence-corrected chi connectivity index (χ0v) is 12.6. The first-order chi connectivity index (χ1) is 9.60. The molecule has 2 aromatic rings. The summed E-state index contributed by atoms with van der Waals surface area (Å²) >= 11 is 0. The van der Waals surface area contributed by atoms with Gasteiger partial charge < -0.3 is 9.64 Å². The van der Waals surface area contributed by atoms with Crippen LogP contribution in [0.5, 0.6) is 11.5 Å². The molecule has 3 rings (SSSR count). The van der Waals surface area contributed by atoms with Crippen LogP contribution in [0.4, 0.5) is 11.4 Å². The number of fused-ring (bicyclic) bond motifs is 2. The summed E-state index contributed by atoms with van der Waals surface area (Å²) in [6.07, 6.45) is 1.10. The molecule has 0 spiro atoms. The number of ether oxygens (including phenoxy) is 1. The van der Waals surface area contributed by atoms with Gasteiger partial charge in [0.25, 0.3) is 0 Å². The van der Waals surface area contributed by atoms with Crippen LogP contribution in [0.1, 0.15) is 31.4 Å². The van der Waals surface area contributed by atoms with Gasteiger partial charge in [-0.05, 0) is 62.6 Å². The normalized spacial score (nSPS) is 14.3. The average Bonchev–Trinajstić information content (AvgIpc) is 2.43. The van der Waals surface area contributed by atoms with Gasteiger partial charge in [-0.15, -0.1) is 0 Å². The van der Waals surface area contributed by atoms with Crippen LogP contribution in [0, 0.1) is 13.8 Å². The number of aryl methyl sites for hydroxylation is 2. The predicted molar refractivity (Wildman–Crippen MR) is 84.3 cm³/mol. The van der Waals surface area contributed by atoms with E-state index < -0.39 is 0 Å². The smallest absolute Gasteiger partial charge is 0.151 e. The second-order valence-electron chi connectivity index (χ2n) is 5.67. The van der Waals surface area contributed by atoms with E-state index >= 15 is 0 Å². The molecule has 0 fully saturated rings. The molecular formula is C18H21NO. The van der Waals surface area contributed by atoms with E-state index in [-0.39, 0.29) is 0 Å². The maximum Gasteiger partial charge on any atom is 0.151 e. The van der Waals surface area contributed by atoms with Crippen LogP contribution >= 0.6 is 0 Å². The lowest BCUT2D eigenvalue weighted by Gasteiger charge is -2.37. The van der Waals surface area contributed by atoms with E-state index in [1.165, 1.54) is 22.5 Å². The van der Waals surface area contributed by atoms with Gasteiger partial charge in [0, 0.05) is 6.04 Å². The highest BCUT2D eigenvalue weighted by atomic mass is 16.5. The van der Waals surface area contributed by atoms with Crippen molar-refractivity contribution in [2.45, 2.75) is 40.2 Å². The van der Waals surface area contributed by atoms with Gasteiger partial charge in [-0.25, -0.2) is 0 Å². The second-order valence-corrected chi connectivity index (χ2v) is 5.67. The summed E-state index contributed by atoms with van der Waals surface area (Å²) < 4.78 is 6.12. The summed E-state index contributed by atoms with van der Waals surface area (Å²) in [7, 11) is 0. The van der Waals surface area contributed by atoms with E-state index in [9.17, 15) is 0 Å². The third-order valence-corrected chi connectivity index (χ3v) is 4.00. The van der Waals surface area contributed by atoms with Gasteiger partial charge in [-0.3, -0.25) is 0 Å². The monoisotopic (exact) mass is 267 g/mol. The highest BCUT2D eigenvalue weighted by Gasteiger charge is 2.27. The molecule has 0 amide bonds. The van der Waals surface area contributed by atoms with Crippen molar-refractivity contribution >= 4 is 11.4 Å². The highest BCUT2D eigenvalue weighted by molar-refractivity contribution is 5.79. The fourth-order valence-electron chi connectivity index (χ4n) is 2.71. The van der Waals surface area contributed by atoms with Crippen molar-refractivity contribution in [1.29, 1.82) is 0 Å². The van der Waals surface area contributed by atoms with Crippen molar-refractivity contribution < 1.29 is 4.74 Å². The lowest BCUT2D eigenvalue weighted by molar-refractivity contribution is 0.466. The fourth-order valence-corrected chi connectivity index (χ4v) is 2.71. The van der Waals surface area contributed by atoms with E-state index in [0.717, 1.165) is 17.9 Å². The van der Waals surface area contributed by atoms with E-state index in [2.05, 4.69) is 69.0 Å². The van der Waals surface area contributed by atoms with Gasteiger partial charge in [0.1, 0.15) is 0 Å². The molecule has 0 aliphatic carbocycles. The Labute approximate surface area is 121 Å². The Hall–Kier alpha value is -1.96. The molecule has 104 valence electrons. The van der Waals surface area contributed by atoms with Gasteiger partial charge in [0.05, 0.1) is 11.4 Å². The molecule has 1 aliphatic heterocycles. The number of rotatable bonds is 2. The third-order valence-electron chi connectivity index (χ3n) is 4.00. The first-order valence-electron chi connectivity index (χ1n) is 7.28. The molecule has 0 saturated heterocycles. The Kier molecular flexibility index (Phi) is 3.17. The first-order valence-corrected chi connectivity index (χ1v) is 7.28. The van der Waals surface area contributed by atoms with Gasteiger partial charge in [0.2, 0.25) is 0 Å². The fraction of sp³-hybridized carbons (Fsp3) is 0.333. The van der Waals surface area contributed by atoms with Crippen LogP contribution in [-0.4, -0.2) is 6.04 Å². The molecule has 0 bridgehead atoms. The van der Waals surface area contributed by atoms with Crippen LogP contribution in [0.2, 0.25) is 0 Å². The molecule has 2 heteroatoms. The maximum atomic E-state index is 6.12. The van der Waals surface area contributed by atoms with E-state index in [1.54, 1.807) is 0 Å². The molecule has 0 saturated carbocycles. The Balaban J connectivity index is 2.19. The van der Waals surface area contributed by atoms with Crippen molar-refractivity contribution in [3.05, 3.63) is 47.5 Å². The lowest BCUT2D eigenvalue weighted by atomic mass is 10.1. The van der Waals surface area contributed by atoms with Crippen LogP contribution in [0.25, 0.3) is 0 Å². The highest BCUT2D eigenvalue weighted by Crippen LogP contribution is 2.48. The van der Waals surface area contributed by atoms with E-state index in [4.69, 9.17) is 4.74 Å². The zero-order chi connectivity index (χ0) is 14.3. The molecule has 2 aromatic carbocycles. The van der Waals surface area contributed by atoms with Crippen molar-refractivity contribution in [3.63, 3.8) is 0 Å². The maximum absolute atomic E-state index is 6.12. The molecule has 1 unspecified atom stereocenters. The summed E-state index contributed by atoms with van der Waals surface area (Å²) in [5, 5.41) is 0. The number of hydrogen-bond acceptors (Lipinski definition) is 2. The zero-order valence-electron chi connectivity index (χ0n) is 12.6. The second kappa shape index (κ2) is 4.86. The Morgan fingerprint density at radius 3 is 1.90 bits per heavy atom. The molecule has 1 atom stereocenters. The summed E-state index contributed by atoms with van der Waals surface area (Å²) in [4.78, 5) is 2.40. The summed E-state index contributed by atoms with van der Waals surface area (Å²) in [6.45, 7) is 8.69. The average molecular weight is 267 g/mol. The third kappa shape index (κ3) is 2.05. The standard InChI is InChI=1S/C18H21NO/c1-5-14(4)19-15-8-6-12(2)10-17(15)20-18-11-13(3)7-9-16(18)19/h6-11,14H,5H2,1-4H3. The lowest BCUT2D eigenvalue weighted by Crippen LogP contribution is -2.30. The Bertz CT molecular complexity index is 596. The van der Waals surface area contributed by atoms with Crippen molar-refractivity contribution in [2.24, 2.45) is 0 Å². The van der Waals surface area contributed by atoms with Crippen LogP contribution in [0.3, 0.4) is 0 Å². The molecule has 20 heavy (non-hydrogen) atoms. The predicted octanol–water partition coefficient (Wildman–Crippen LogP) is 5.35.